The van der Waals surface area contributed by atoms with Gasteiger partial charge in [-0.1, -0.05) is 19.0 Å². The number of ether oxygens (including phenoxy) is 2. The lowest BCUT2D eigenvalue weighted by Crippen LogP contribution is -2.24. The van der Waals surface area contributed by atoms with Gasteiger partial charge in [0.1, 0.15) is 11.5 Å². The van der Waals surface area contributed by atoms with Gasteiger partial charge in [-0.3, -0.25) is 4.79 Å². The minimum absolute atomic E-state index is 0.296. The van der Waals surface area contributed by atoms with Gasteiger partial charge in [0, 0.05) is 6.61 Å². The van der Waals surface area contributed by atoms with Crippen molar-refractivity contribution in [3.8, 4) is 0 Å². The van der Waals surface area contributed by atoms with Crippen LogP contribution >= 0.6 is 0 Å². The average molecular weight is 298 g/mol. The van der Waals surface area contributed by atoms with Gasteiger partial charge < -0.3 is 14.0 Å². The second-order valence-corrected chi connectivity index (χ2v) is 5.83. The molecule has 0 aromatic carbocycles. The van der Waals surface area contributed by atoms with Crippen LogP contribution in [-0.2, 0) is 19.9 Å². The van der Waals surface area contributed by atoms with Gasteiger partial charge in [-0.05, 0) is 40.0 Å². The quantitative estimate of drug-likeness (QED) is 0.687. The van der Waals surface area contributed by atoms with Crippen LogP contribution in [0.2, 0.25) is 0 Å². The largest absolute Gasteiger partial charge is 0.465 e. The average Bonchev–Trinajstić information content (AvgIpc) is 2.86. The topological polar surface area (TPSA) is 74.5 Å². The molecule has 0 aliphatic rings. The molecule has 0 N–H and O–H groups in total. The fourth-order valence-corrected chi connectivity index (χ4v) is 2.06. The first-order chi connectivity index (χ1) is 9.81. The number of aromatic nitrogens is 2. The summed E-state index contributed by atoms with van der Waals surface area (Å²) in [6, 6.07) is 0. The molecule has 0 bridgehead atoms. The van der Waals surface area contributed by atoms with Crippen LogP contribution in [0, 0.1) is 5.92 Å². The maximum Gasteiger partial charge on any atom is 0.318 e. The van der Waals surface area contributed by atoms with E-state index in [0.717, 1.165) is 0 Å². The summed E-state index contributed by atoms with van der Waals surface area (Å²) in [5.74, 6) is 0.205. The van der Waals surface area contributed by atoms with Gasteiger partial charge >= 0.3 is 5.97 Å². The molecule has 0 aliphatic carbocycles. The summed E-state index contributed by atoms with van der Waals surface area (Å²) < 4.78 is 16.0. The van der Waals surface area contributed by atoms with Crippen LogP contribution in [0.15, 0.2) is 4.52 Å². The van der Waals surface area contributed by atoms with E-state index in [2.05, 4.69) is 10.1 Å². The molecule has 0 saturated carbocycles. The van der Waals surface area contributed by atoms with Gasteiger partial charge in [-0.2, -0.15) is 4.98 Å². The van der Waals surface area contributed by atoms with E-state index >= 15 is 0 Å². The standard InChI is InChI=1S/C15H26N2O4/c1-7-19-13(18)11(9-10(3)4)12-16-14(17-21-12)15(5,6)20-8-2/h10-11H,7-9H2,1-6H3. The lowest BCUT2D eigenvalue weighted by atomic mass is 9.97. The molecule has 1 heterocycles. The van der Waals surface area contributed by atoms with Crippen LogP contribution in [0.3, 0.4) is 0 Å². The third-order valence-electron chi connectivity index (χ3n) is 3.06. The zero-order valence-electron chi connectivity index (χ0n) is 13.8. The number of carbonyl (C=O) groups is 1. The highest BCUT2D eigenvalue weighted by Gasteiger charge is 2.33. The molecule has 120 valence electrons. The Balaban J connectivity index is 2.99. The van der Waals surface area contributed by atoms with Gasteiger partial charge in [0.25, 0.3) is 0 Å². The molecule has 1 aromatic heterocycles. The number of rotatable bonds is 8. The van der Waals surface area contributed by atoms with E-state index in [-0.39, 0.29) is 5.97 Å². The summed E-state index contributed by atoms with van der Waals surface area (Å²) >= 11 is 0. The highest BCUT2D eigenvalue weighted by atomic mass is 16.5. The SMILES string of the molecule is CCOC(=O)C(CC(C)C)c1nc(C(C)(C)OCC)no1. The number of carbonyl (C=O) groups excluding carboxylic acids is 1. The zero-order chi connectivity index (χ0) is 16.0. The molecule has 0 saturated heterocycles. The Bertz CT molecular complexity index is 454. The fraction of sp³-hybridized carbons (Fsp3) is 0.800. The summed E-state index contributed by atoms with van der Waals surface area (Å²) in [7, 11) is 0. The Morgan fingerprint density at radius 2 is 1.95 bits per heavy atom. The van der Waals surface area contributed by atoms with Crippen molar-refractivity contribution in [2.45, 2.75) is 59.5 Å². The Kier molecular flexibility index (Phi) is 6.33. The van der Waals surface area contributed by atoms with E-state index < -0.39 is 11.5 Å². The van der Waals surface area contributed by atoms with E-state index in [0.29, 0.717) is 37.3 Å². The Morgan fingerprint density at radius 3 is 2.48 bits per heavy atom. The molecule has 21 heavy (non-hydrogen) atoms. The van der Waals surface area contributed by atoms with Crippen LogP contribution < -0.4 is 0 Å². The van der Waals surface area contributed by atoms with Crippen molar-refractivity contribution in [2.75, 3.05) is 13.2 Å². The van der Waals surface area contributed by atoms with Gasteiger partial charge in [0.05, 0.1) is 6.61 Å². The molecule has 6 nitrogen and oxygen atoms in total. The molecule has 6 heteroatoms. The minimum atomic E-state index is -0.645. The van der Waals surface area contributed by atoms with E-state index in [1.807, 2.05) is 34.6 Å². The van der Waals surface area contributed by atoms with Gasteiger partial charge in [0.15, 0.2) is 0 Å². The molecule has 0 radical (unpaired) electrons. The number of hydrogen-bond acceptors (Lipinski definition) is 6. The molecule has 1 unspecified atom stereocenters. The van der Waals surface area contributed by atoms with Crippen LogP contribution in [0.5, 0.6) is 0 Å². The van der Waals surface area contributed by atoms with Crippen molar-refractivity contribution >= 4 is 5.97 Å². The zero-order valence-corrected chi connectivity index (χ0v) is 13.8. The van der Waals surface area contributed by atoms with Crippen LogP contribution in [0.4, 0.5) is 0 Å². The molecule has 0 amide bonds. The van der Waals surface area contributed by atoms with Gasteiger partial charge in [-0.25, -0.2) is 0 Å². The van der Waals surface area contributed by atoms with Crippen LogP contribution in [0.1, 0.15) is 65.6 Å². The molecule has 0 fully saturated rings. The fourth-order valence-electron chi connectivity index (χ4n) is 2.06. The lowest BCUT2D eigenvalue weighted by molar-refractivity contribution is -0.146. The smallest absolute Gasteiger partial charge is 0.318 e. The Labute approximate surface area is 126 Å². The van der Waals surface area contributed by atoms with E-state index in [1.165, 1.54) is 0 Å². The third-order valence-corrected chi connectivity index (χ3v) is 3.06. The second-order valence-electron chi connectivity index (χ2n) is 5.83. The number of nitrogens with zero attached hydrogens (tertiary/aromatic N) is 2. The molecular formula is C15H26N2O4. The lowest BCUT2D eigenvalue weighted by Gasteiger charge is -2.20. The Hall–Kier alpha value is -1.43. The highest BCUT2D eigenvalue weighted by molar-refractivity contribution is 5.76. The summed E-state index contributed by atoms with van der Waals surface area (Å²) in [5, 5.41) is 3.96. The van der Waals surface area contributed by atoms with Crippen molar-refractivity contribution in [3.63, 3.8) is 0 Å². The summed E-state index contributed by atoms with van der Waals surface area (Å²) in [5.41, 5.74) is -0.645. The van der Waals surface area contributed by atoms with Crippen molar-refractivity contribution in [1.82, 2.24) is 10.1 Å². The Morgan fingerprint density at radius 1 is 1.29 bits per heavy atom. The van der Waals surface area contributed by atoms with E-state index in [1.54, 1.807) is 6.92 Å². The van der Waals surface area contributed by atoms with Crippen molar-refractivity contribution in [2.24, 2.45) is 5.92 Å². The second kappa shape index (κ2) is 7.54. The molecule has 0 spiro atoms. The van der Waals surface area contributed by atoms with Crippen molar-refractivity contribution in [3.05, 3.63) is 11.7 Å². The summed E-state index contributed by atoms with van der Waals surface area (Å²) in [4.78, 5) is 16.4. The molecule has 1 atom stereocenters. The first-order valence-electron chi connectivity index (χ1n) is 7.46. The van der Waals surface area contributed by atoms with Crippen molar-refractivity contribution in [1.29, 1.82) is 0 Å². The first kappa shape index (κ1) is 17.6. The van der Waals surface area contributed by atoms with Gasteiger partial charge in [-0.15, -0.1) is 0 Å². The molecule has 1 rings (SSSR count). The molecule has 0 aliphatic heterocycles. The summed E-state index contributed by atoms with van der Waals surface area (Å²) in [6.45, 7) is 12.4. The minimum Gasteiger partial charge on any atom is -0.465 e. The van der Waals surface area contributed by atoms with Crippen LogP contribution in [0.25, 0.3) is 0 Å². The van der Waals surface area contributed by atoms with E-state index in [9.17, 15) is 4.79 Å². The van der Waals surface area contributed by atoms with Gasteiger partial charge in [0.2, 0.25) is 11.7 Å². The van der Waals surface area contributed by atoms with Crippen molar-refractivity contribution < 1.29 is 18.8 Å². The monoisotopic (exact) mass is 298 g/mol. The molecular weight excluding hydrogens is 272 g/mol. The molecule has 1 aromatic rings. The van der Waals surface area contributed by atoms with E-state index in [4.69, 9.17) is 14.0 Å². The van der Waals surface area contributed by atoms with Crippen LogP contribution in [-0.4, -0.2) is 29.3 Å². The maximum absolute atomic E-state index is 12.1. The number of esters is 1. The predicted molar refractivity (Wildman–Crippen MR) is 77.8 cm³/mol. The normalized spacial score (nSPS) is 13.5. The summed E-state index contributed by atoms with van der Waals surface area (Å²) in [6.07, 6.45) is 0.607. The number of hydrogen-bond donors (Lipinski definition) is 0. The predicted octanol–water partition coefficient (Wildman–Crippen LogP) is 3.03. The highest BCUT2D eigenvalue weighted by Crippen LogP contribution is 2.27. The third kappa shape index (κ3) is 4.81. The first-order valence-corrected chi connectivity index (χ1v) is 7.46. The maximum atomic E-state index is 12.1.